The van der Waals surface area contributed by atoms with Crippen LogP contribution in [0.25, 0.3) is 0 Å². The maximum atomic E-state index is 12.0. The summed E-state index contributed by atoms with van der Waals surface area (Å²) in [6.45, 7) is 0. The van der Waals surface area contributed by atoms with Crippen LogP contribution in [0.15, 0.2) is 29.2 Å². The van der Waals surface area contributed by atoms with Gasteiger partial charge in [-0.1, -0.05) is 6.42 Å². The normalized spacial score (nSPS) is 27.6. The molecule has 2 aliphatic rings. The van der Waals surface area contributed by atoms with Gasteiger partial charge in [-0.3, -0.25) is 4.79 Å². The summed E-state index contributed by atoms with van der Waals surface area (Å²) in [5, 5.41) is 3.22. The molecule has 0 aliphatic heterocycles. The predicted molar refractivity (Wildman–Crippen MR) is 81.1 cm³/mol. The van der Waals surface area contributed by atoms with Gasteiger partial charge in [-0.2, -0.15) is 0 Å². The first-order valence-corrected chi connectivity index (χ1v) is 8.29. The van der Waals surface area contributed by atoms with Gasteiger partial charge in [0, 0.05) is 10.9 Å². The van der Waals surface area contributed by atoms with E-state index >= 15 is 0 Å². The average molecular weight is 291 g/mol. The minimum absolute atomic E-state index is 0.170. The first-order valence-electron chi connectivity index (χ1n) is 7.31. The lowest BCUT2D eigenvalue weighted by atomic mass is 9.95. The number of hydrogen-bond acceptors (Lipinski definition) is 3. The molecule has 0 spiro atoms. The number of amides is 1. The Bertz CT molecular complexity index is 474. The highest BCUT2D eigenvalue weighted by atomic mass is 32.2. The zero-order valence-electron chi connectivity index (χ0n) is 11.8. The van der Waals surface area contributed by atoms with Crippen LogP contribution in [-0.2, 0) is 4.79 Å². The van der Waals surface area contributed by atoms with Gasteiger partial charge >= 0.3 is 0 Å². The molecule has 3 atom stereocenters. The second-order valence-electron chi connectivity index (χ2n) is 5.81. The Hall–Kier alpha value is -1.16. The molecule has 1 amide bonds. The van der Waals surface area contributed by atoms with Crippen molar-refractivity contribution in [3.8, 4) is 5.75 Å². The zero-order valence-corrected chi connectivity index (χ0v) is 12.6. The van der Waals surface area contributed by atoms with E-state index in [-0.39, 0.29) is 5.91 Å². The number of hydrogen-bond donors (Lipinski definition) is 1. The molecule has 4 heteroatoms. The molecule has 1 aromatic rings. The second-order valence-corrected chi connectivity index (χ2v) is 6.86. The Morgan fingerprint density at radius 3 is 2.70 bits per heavy atom. The summed E-state index contributed by atoms with van der Waals surface area (Å²) < 4.78 is 5.12. The average Bonchev–Trinajstić information content (AvgIpc) is 3.08. The van der Waals surface area contributed by atoms with E-state index in [4.69, 9.17) is 4.74 Å². The van der Waals surface area contributed by atoms with E-state index in [1.54, 1.807) is 18.9 Å². The van der Waals surface area contributed by atoms with E-state index in [9.17, 15) is 4.79 Å². The molecule has 108 valence electrons. The van der Waals surface area contributed by atoms with Crippen molar-refractivity contribution in [3.63, 3.8) is 0 Å². The highest BCUT2D eigenvalue weighted by Crippen LogP contribution is 2.44. The highest BCUT2D eigenvalue weighted by molar-refractivity contribution is 8.00. The summed E-state index contributed by atoms with van der Waals surface area (Å²) in [5.74, 6) is 3.14. The van der Waals surface area contributed by atoms with Crippen molar-refractivity contribution in [1.82, 2.24) is 5.32 Å². The molecule has 0 radical (unpaired) electrons. The molecule has 2 fully saturated rings. The summed E-state index contributed by atoms with van der Waals surface area (Å²) in [6, 6.07) is 8.28. The Morgan fingerprint density at radius 1 is 1.30 bits per heavy atom. The highest BCUT2D eigenvalue weighted by Gasteiger charge is 2.39. The Kier molecular flexibility index (Phi) is 4.20. The summed E-state index contributed by atoms with van der Waals surface area (Å²) in [4.78, 5) is 13.1. The van der Waals surface area contributed by atoms with Crippen LogP contribution in [0, 0.1) is 11.8 Å². The Morgan fingerprint density at radius 2 is 2.10 bits per heavy atom. The first kappa shape index (κ1) is 13.8. The van der Waals surface area contributed by atoms with Gasteiger partial charge in [-0.05, 0) is 55.4 Å². The number of benzene rings is 1. The van der Waals surface area contributed by atoms with Crippen molar-refractivity contribution in [2.45, 2.75) is 36.6 Å². The van der Waals surface area contributed by atoms with Crippen LogP contribution in [-0.4, -0.2) is 24.8 Å². The number of nitrogens with one attached hydrogen (secondary N) is 1. The third kappa shape index (κ3) is 3.11. The van der Waals surface area contributed by atoms with Crippen LogP contribution in [0.5, 0.6) is 5.75 Å². The predicted octanol–water partition coefficient (Wildman–Crippen LogP) is 3.09. The number of fused-ring (bicyclic) bond motifs is 2. The molecule has 1 N–H and O–H groups in total. The minimum atomic E-state index is 0.170. The summed E-state index contributed by atoms with van der Waals surface area (Å²) in [5.41, 5.74) is 0. The van der Waals surface area contributed by atoms with Gasteiger partial charge in [0.05, 0.1) is 12.9 Å². The van der Waals surface area contributed by atoms with Crippen molar-refractivity contribution in [2.24, 2.45) is 11.8 Å². The maximum absolute atomic E-state index is 12.0. The standard InChI is InChI=1S/C16H21NO2S/c1-19-13-4-6-14(7-5-13)20-10-16(18)17-15-9-11-2-3-12(15)8-11/h4-7,11-12,15H,2-3,8-10H2,1H3,(H,17,18)/t11-,12+,15+/m0/s1. The Balaban J connectivity index is 1.44. The molecule has 0 aromatic heterocycles. The second kappa shape index (κ2) is 6.08. The van der Waals surface area contributed by atoms with Crippen LogP contribution in [0.1, 0.15) is 25.7 Å². The van der Waals surface area contributed by atoms with E-state index in [0.717, 1.165) is 22.5 Å². The lowest BCUT2D eigenvalue weighted by Gasteiger charge is -2.22. The number of rotatable bonds is 5. The number of ether oxygens (including phenoxy) is 1. The molecule has 20 heavy (non-hydrogen) atoms. The molecule has 2 aliphatic carbocycles. The van der Waals surface area contributed by atoms with E-state index in [2.05, 4.69) is 5.32 Å². The Labute approximate surface area is 124 Å². The maximum Gasteiger partial charge on any atom is 0.230 e. The van der Waals surface area contributed by atoms with Gasteiger partial charge in [0.15, 0.2) is 0 Å². The molecular weight excluding hydrogens is 270 g/mol. The van der Waals surface area contributed by atoms with Gasteiger partial charge in [0.1, 0.15) is 5.75 Å². The largest absolute Gasteiger partial charge is 0.497 e. The van der Waals surface area contributed by atoms with Crippen molar-refractivity contribution in [2.75, 3.05) is 12.9 Å². The summed E-state index contributed by atoms with van der Waals surface area (Å²) >= 11 is 1.58. The monoisotopic (exact) mass is 291 g/mol. The lowest BCUT2D eigenvalue weighted by Crippen LogP contribution is -2.39. The fourth-order valence-electron chi connectivity index (χ4n) is 3.49. The van der Waals surface area contributed by atoms with Crippen molar-refractivity contribution in [1.29, 1.82) is 0 Å². The molecule has 3 nitrogen and oxygen atoms in total. The molecule has 2 saturated carbocycles. The van der Waals surface area contributed by atoms with Crippen molar-refractivity contribution >= 4 is 17.7 Å². The van der Waals surface area contributed by atoms with E-state index in [1.807, 2.05) is 24.3 Å². The SMILES string of the molecule is COc1ccc(SCC(=O)N[C@@H]2C[C@H]3CC[C@@H]2C3)cc1. The van der Waals surface area contributed by atoms with E-state index < -0.39 is 0 Å². The van der Waals surface area contributed by atoms with E-state index in [0.29, 0.717) is 11.8 Å². The number of carbonyl (C=O) groups excluding carboxylic acids is 1. The fraction of sp³-hybridized carbons (Fsp3) is 0.562. The molecule has 0 unspecified atom stereocenters. The zero-order chi connectivity index (χ0) is 13.9. The quantitative estimate of drug-likeness (QED) is 0.847. The first-order chi connectivity index (χ1) is 9.74. The van der Waals surface area contributed by atoms with Crippen LogP contribution in [0.4, 0.5) is 0 Å². The molecule has 3 rings (SSSR count). The number of thioether (sulfide) groups is 1. The minimum Gasteiger partial charge on any atom is -0.497 e. The van der Waals surface area contributed by atoms with E-state index in [1.165, 1.54) is 25.7 Å². The van der Waals surface area contributed by atoms with Gasteiger partial charge < -0.3 is 10.1 Å². The fourth-order valence-corrected chi connectivity index (χ4v) is 4.20. The number of methoxy groups -OCH3 is 1. The van der Waals surface area contributed by atoms with Crippen LogP contribution < -0.4 is 10.1 Å². The lowest BCUT2D eigenvalue weighted by molar-refractivity contribution is -0.119. The topological polar surface area (TPSA) is 38.3 Å². The molecular formula is C16H21NO2S. The van der Waals surface area contributed by atoms with Gasteiger partial charge in [-0.25, -0.2) is 0 Å². The van der Waals surface area contributed by atoms with Gasteiger partial charge in [0.25, 0.3) is 0 Å². The number of carbonyl (C=O) groups is 1. The molecule has 1 aromatic carbocycles. The van der Waals surface area contributed by atoms with Crippen molar-refractivity contribution < 1.29 is 9.53 Å². The summed E-state index contributed by atoms with van der Waals surface area (Å²) in [7, 11) is 1.66. The van der Waals surface area contributed by atoms with Crippen LogP contribution in [0.2, 0.25) is 0 Å². The molecule has 0 heterocycles. The smallest absolute Gasteiger partial charge is 0.230 e. The van der Waals surface area contributed by atoms with Crippen LogP contribution in [0.3, 0.4) is 0 Å². The summed E-state index contributed by atoms with van der Waals surface area (Å²) in [6.07, 6.45) is 5.21. The third-order valence-corrected chi connectivity index (χ3v) is 5.53. The van der Waals surface area contributed by atoms with Gasteiger partial charge in [-0.15, -0.1) is 11.8 Å². The van der Waals surface area contributed by atoms with Crippen molar-refractivity contribution in [3.05, 3.63) is 24.3 Å². The van der Waals surface area contributed by atoms with Crippen LogP contribution >= 0.6 is 11.8 Å². The van der Waals surface area contributed by atoms with Gasteiger partial charge in [0.2, 0.25) is 5.91 Å². The third-order valence-electron chi connectivity index (χ3n) is 4.51. The molecule has 2 bridgehead atoms. The molecule has 0 saturated heterocycles.